The topological polar surface area (TPSA) is 50.8 Å². The van der Waals surface area contributed by atoms with E-state index in [-0.39, 0.29) is 5.91 Å². The zero-order valence-electron chi connectivity index (χ0n) is 17.2. The van der Waals surface area contributed by atoms with Crippen molar-refractivity contribution in [1.29, 1.82) is 0 Å². The van der Waals surface area contributed by atoms with Gasteiger partial charge in [-0.1, -0.05) is 26.0 Å². The monoisotopic (exact) mass is 382 g/mol. The zero-order valence-corrected chi connectivity index (χ0v) is 17.2. The molecule has 1 heterocycles. The van der Waals surface area contributed by atoms with Crippen LogP contribution < -0.4 is 15.0 Å². The molecule has 150 valence electrons. The Bertz CT molecular complexity index is 796. The van der Waals surface area contributed by atoms with Gasteiger partial charge in [0.15, 0.2) is 6.10 Å². The van der Waals surface area contributed by atoms with E-state index in [4.69, 9.17) is 9.47 Å². The molecule has 0 bridgehead atoms. The van der Waals surface area contributed by atoms with Crippen LogP contribution in [0.5, 0.6) is 5.75 Å². The molecule has 1 aliphatic rings. The van der Waals surface area contributed by atoms with E-state index >= 15 is 0 Å². The molecule has 0 spiro atoms. The summed E-state index contributed by atoms with van der Waals surface area (Å²) in [6.45, 7) is 11.4. The molecule has 3 rings (SSSR count). The second-order valence-corrected chi connectivity index (χ2v) is 7.59. The van der Waals surface area contributed by atoms with Gasteiger partial charge in [-0.15, -0.1) is 0 Å². The molecule has 1 atom stereocenters. The van der Waals surface area contributed by atoms with Gasteiger partial charge in [-0.25, -0.2) is 0 Å². The van der Waals surface area contributed by atoms with E-state index < -0.39 is 6.10 Å². The fraction of sp³-hybridized carbons (Fsp3) is 0.435. The van der Waals surface area contributed by atoms with E-state index in [0.717, 1.165) is 54.6 Å². The Labute approximate surface area is 167 Å². The molecule has 1 saturated heterocycles. The summed E-state index contributed by atoms with van der Waals surface area (Å²) in [6, 6.07) is 14.1. The highest BCUT2D eigenvalue weighted by atomic mass is 16.5. The van der Waals surface area contributed by atoms with Gasteiger partial charge in [-0.3, -0.25) is 4.79 Å². The third kappa shape index (κ3) is 5.04. The molecule has 2 aromatic carbocycles. The molecule has 1 amide bonds. The lowest BCUT2D eigenvalue weighted by Gasteiger charge is -2.29. The molecule has 0 radical (unpaired) electrons. The van der Waals surface area contributed by atoms with Crippen LogP contribution in [-0.2, 0) is 9.53 Å². The fourth-order valence-electron chi connectivity index (χ4n) is 3.29. The molecular weight excluding hydrogens is 352 g/mol. The molecule has 0 aromatic heterocycles. The van der Waals surface area contributed by atoms with Crippen molar-refractivity contribution >= 4 is 17.3 Å². The summed E-state index contributed by atoms with van der Waals surface area (Å²) in [5, 5.41) is 2.95. The average Bonchev–Trinajstić information content (AvgIpc) is 2.69. The van der Waals surface area contributed by atoms with Gasteiger partial charge >= 0.3 is 0 Å². The molecule has 1 N–H and O–H groups in total. The Balaban J connectivity index is 1.62. The fourth-order valence-corrected chi connectivity index (χ4v) is 3.29. The van der Waals surface area contributed by atoms with E-state index in [1.807, 2.05) is 37.3 Å². The Morgan fingerprint density at radius 3 is 2.39 bits per heavy atom. The van der Waals surface area contributed by atoms with Gasteiger partial charge in [-0.05, 0) is 61.2 Å². The molecule has 1 aliphatic heterocycles. The summed E-state index contributed by atoms with van der Waals surface area (Å²) in [6.07, 6.45) is -0.585. The SMILES string of the molecule is Cc1ccc(C(C)C)c(OC(C)C(=O)Nc2ccc(N3CCOCC3)cc2)c1. The molecule has 0 saturated carbocycles. The third-order valence-electron chi connectivity index (χ3n) is 4.98. The van der Waals surface area contributed by atoms with Crippen LogP contribution in [0.25, 0.3) is 0 Å². The number of nitrogens with one attached hydrogen (secondary N) is 1. The van der Waals surface area contributed by atoms with Crippen molar-refractivity contribution in [2.75, 3.05) is 36.5 Å². The predicted octanol–water partition coefficient (Wildman–Crippen LogP) is 4.36. The summed E-state index contributed by atoms with van der Waals surface area (Å²) in [7, 11) is 0. The first-order valence-electron chi connectivity index (χ1n) is 9.95. The van der Waals surface area contributed by atoms with Crippen molar-refractivity contribution in [3.63, 3.8) is 0 Å². The maximum atomic E-state index is 12.6. The number of rotatable bonds is 6. The lowest BCUT2D eigenvalue weighted by Crippen LogP contribution is -2.36. The molecule has 28 heavy (non-hydrogen) atoms. The largest absolute Gasteiger partial charge is 0.481 e. The normalized spacial score (nSPS) is 15.4. The van der Waals surface area contributed by atoms with Crippen LogP contribution in [0.3, 0.4) is 0 Å². The minimum atomic E-state index is -0.585. The number of nitrogens with zero attached hydrogens (tertiary/aromatic N) is 1. The third-order valence-corrected chi connectivity index (χ3v) is 4.98. The van der Waals surface area contributed by atoms with Gasteiger partial charge in [0.1, 0.15) is 5.75 Å². The highest BCUT2D eigenvalue weighted by molar-refractivity contribution is 5.94. The lowest BCUT2D eigenvalue weighted by atomic mass is 10.0. The number of carbonyl (C=O) groups is 1. The Kier molecular flexibility index (Phi) is 6.57. The van der Waals surface area contributed by atoms with Crippen LogP contribution in [0.4, 0.5) is 11.4 Å². The highest BCUT2D eigenvalue weighted by Crippen LogP contribution is 2.28. The summed E-state index contributed by atoms with van der Waals surface area (Å²) in [5.74, 6) is 0.953. The van der Waals surface area contributed by atoms with Crippen LogP contribution >= 0.6 is 0 Å². The van der Waals surface area contributed by atoms with Crippen molar-refractivity contribution < 1.29 is 14.3 Å². The summed E-state index contributed by atoms with van der Waals surface area (Å²) in [4.78, 5) is 14.9. The number of hydrogen-bond acceptors (Lipinski definition) is 4. The van der Waals surface area contributed by atoms with Gasteiger partial charge in [0.05, 0.1) is 13.2 Å². The highest BCUT2D eigenvalue weighted by Gasteiger charge is 2.18. The Morgan fingerprint density at radius 1 is 1.07 bits per heavy atom. The van der Waals surface area contributed by atoms with Crippen molar-refractivity contribution in [2.45, 2.75) is 39.7 Å². The molecule has 0 aliphatic carbocycles. The number of morpholine rings is 1. The van der Waals surface area contributed by atoms with E-state index in [9.17, 15) is 4.79 Å². The van der Waals surface area contributed by atoms with Gasteiger partial charge < -0.3 is 19.7 Å². The van der Waals surface area contributed by atoms with Crippen LogP contribution in [0, 0.1) is 6.92 Å². The number of benzene rings is 2. The number of amides is 1. The maximum Gasteiger partial charge on any atom is 0.265 e. The number of ether oxygens (including phenoxy) is 2. The van der Waals surface area contributed by atoms with Gasteiger partial charge in [0.25, 0.3) is 5.91 Å². The van der Waals surface area contributed by atoms with E-state index in [0.29, 0.717) is 5.92 Å². The molecular formula is C23H30N2O3. The summed E-state index contributed by atoms with van der Waals surface area (Å²) < 4.78 is 11.4. The Hall–Kier alpha value is -2.53. The van der Waals surface area contributed by atoms with Crippen molar-refractivity contribution in [1.82, 2.24) is 0 Å². The molecule has 2 aromatic rings. The van der Waals surface area contributed by atoms with Crippen molar-refractivity contribution in [3.8, 4) is 5.75 Å². The van der Waals surface area contributed by atoms with E-state index in [1.165, 1.54) is 0 Å². The van der Waals surface area contributed by atoms with Crippen LogP contribution in [0.2, 0.25) is 0 Å². The minimum Gasteiger partial charge on any atom is -0.481 e. The maximum absolute atomic E-state index is 12.6. The van der Waals surface area contributed by atoms with Gasteiger partial charge in [0.2, 0.25) is 0 Å². The molecule has 1 fully saturated rings. The molecule has 1 unspecified atom stereocenters. The number of hydrogen-bond donors (Lipinski definition) is 1. The van der Waals surface area contributed by atoms with Crippen LogP contribution in [0.15, 0.2) is 42.5 Å². The number of carbonyl (C=O) groups excluding carboxylic acids is 1. The van der Waals surface area contributed by atoms with Gasteiger partial charge in [-0.2, -0.15) is 0 Å². The second-order valence-electron chi connectivity index (χ2n) is 7.59. The first-order valence-corrected chi connectivity index (χ1v) is 9.95. The molecule has 5 heteroatoms. The van der Waals surface area contributed by atoms with Crippen molar-refractivity contribution in [2.24, 2.45) is 0 Å². The van der Waals surface area contributed by atoms with Crippen LogP contribution in [0.1, 0.15) is 37.8 Å². The smallest absolute Gasteiger partial charge is 0.265 e. The Morgan fingerprint density at radius 2 is 1.75 bits per heavy atom. The number of aryl methyl sites for hydroxylation is 1. The van der Waals surface area contributed by atoms with E-state index in [2.05, 4.69) is 36.2 Å². The van der Waals surface area contributed by atoms with Crippen molar-refractivity contribution in [3.05, 3.63) is 53.6 Å². The zero-order chi connectivity index (χ0) is 20.1. The average molecular weight is 383 g/mol. The quantitative estimate of drug-likeness (QED) is 0.806. The predicted molar refractivity (Wildman–Crippen MR) is 113 cm³/mol. The minimum absolute atomic E-state index is 0.157. The first-order chi connectivity index (χ1) is 13.4. The number of anilines is 2. The van der Waals surface area contributed by atoms with Gasteiger partial charge in [0, 0.05) is 24.5 Å². The summed E-state index contributed by atoms with van der Waals surface area (Å²) >= 11 is 0. The van der Waals surface area contributed by atoms with E-state index in [1.54, 1.807) is 6.92 Å². The van der Waals surface area contributed by atoms with Crippen LogP contribution in [-0.4, -0.2) is 38.3 Å². The first kappa shape index (κ1) is 20.2. The standard InChI is InChI=1S/C23H30N2O3/c1-16(2)21-10-5-17(3)15-22(21)28-18(4)23(26)24-19-6-8-20(9-7-19)25-11-13-27-14-12-25/h5-10,15-16,18H,11-14H2,1-4H3,(H,24,26). The molecule has 5 nitrogen and oxygen atoms in total. The lowest BCUT2D eigenvalue weighted by molar-refractivity contribution is -0.122. The second kappa shape index (κ2) is 9.11. The summed E-state index contributed by atoms with van der Waals surface area (Å²) in [5.41, 5.74) is 4.14.